The Kier molecular flexibility index (Phi) is 2.09. The first-order chi connectivity index (χ1) is 5.38. The topological polar surface area (TPSA) is 50.8 Å². The molecular weight excluding hydrogens is 138 g/mol. The SMILES string of the molecule is N#CC1=CC=CC=CN1C#N. The van der Waals surface area contributed by atoms with Crippen molar-refractivity contribution in [1.29, 1.82) is 10.5 Å². The van der Waals surface area contributed by atoms with Crippen molar-refractivity contribution in [2.45, 2.75) is 0 Å². The minimum Gasteiger partial charge on any atom is -0.245 e. The Labute approximate surface area is 64.8 Å². The average molecular weight is 143 g/mol. The first kappa shape index (κ1) is 7.11. The van der Waals surface area contributed by atoms with Crippen LogP contribution in [0, 0.1) is 22.8 Å². The van der Waals surface area contributed by atoms with Crippen molar-refractivity contribution < 1.29 is 0 Å². The van der Waals surface area contributed by atoms with Crippen molar-refractivity contribution in [2.75, 3.05) is 0 Å². The Morgan fingerprint density at radius 2 is 2.00 bits per heavy atom. The van der Waals surface area contributed by atoms with Crippen LogP contribution in [0.2, 0.25) is 0 Å². The van der Waals surface area contributed by atoms with E-state index in [1.807, 2.05) is 12.3 Å². The summed E-state index contributed by atoms with van der Waals surface area (Å²) in [6.45, 7) is 0. The molecule has 0 saturated heterocycles. The third-order valence-corrected chi connectivity index (χ3v) is 1.19. The molecule has 0 unspecified atom stereocenters. The van der Waals surface area contributed by atoms with Crippen molar-refractivity contribution in [3.63, 3.8) is 0 Å². The van der Waals surface area contributed by atoms with E-state index in [2.05, 4.69) is 0 Å². The molecule has 0 amide bonds. The summed E-state index contributed by atoms with van der Waals surface area (Å²) >= 11 is 0. The second-order valence-corrected chi connectivity index (χ2v) is 1.86. The third kappa shape index (κ3) is 1.47. The van der Waals surface area contributed by atoms with Gasteiger partial charge in [-0.1, -0.05) is 12.2 Å². The normalized spacial score (nSPS) is 14.7. The lowest BCUT2D eigenvalue weighted by Crippen LogP contribution is -2.06. The highest BCUT2D eigenvalue weighted by Gasteiger charge is 2.03. The van der Waals surface area contributed by atoms with E-state index in [9.17, 15) is 0 Å². The molecule has 0 aliphatic carbocycles. The largest absolute Gasteiger partial charge is 0.245 e. The van der Waals surface area contributed by atoms with Gasteiger partial charge in [-0.15, -0.1) is 0 Å². The van der Waals surface area contributed by atoms with Crippen LogP contribution >= 0.6 is 0 Å². The second kappa shape index (κ2) is 3.24. The maximum Gasteiger partial charge on any atom is 0.189 e. The van der Waals surface area contributed by atoms with Crippen molar-refractivity contribution >= 4 is 0 Å². The highest BCUT2D eigenvalue weighted by molar-refractivity contribution is 5.32. The van der Waals surface area contributed by atoms with Crippen molar-refractivity contribution in [3.8, 4) is 12.3 Å². The van der Waals surface area contributed by atoms with Gasteiger partial charge in [0.1, 0.15) is 11.8 Å². The van der Waals surface area contributed by atoms with Crippen LogP contribution in [-0.2, 0) is 0 Å². The summed E-state index contributed by atoms with van der Waals surface area (Å²) < 4.78 is 0. The maximum atomic E-state index is 8.54. The zero-order valence-electron chi connectivity index (χ0n) is 5.73. The summed E-state index contributed by atoms with van der Waals surface area (Å²) in [5.41, 5.74) is 0.331. The van der Waals surface area contributed by atoms with Gasteiger partial charge in [-0.3, -0.25) is 0 Å². The summed E-state index contributed by atoms with van der Waals surface area (Å²) in [5.74, 6) is 0. The Morgan fingerprint density at radius 3 is 2.64 bits per heavy atom. The molecule has 1 heterocycles. The molecule has 0 aromatic carbocycles. The van der Waals surface area contributed by atoms with E-state index >= 15 is 0 Å². The maximum absolute atomic E-state index is 8.54. The fourth-order valence-electron chi connectivity index (χ4n) is 0.686. The lowest BCUT2D eigenvalue weighted by atomic mass is 10.4. The van der Waals surface area contributed by atoms with Crippen LogP contribution in [0.4, 0.5) is 0 Å². The van der Waals surface area contributed by atoms with Crippen LogP contribution in [0.5, 0.6) is 0 Å². The standard InChI is InChI=1S/C8H5N3/c9-6-8-4-2-1-3-5-11(8)7-10/h1-5H. The molecule has 1 rings (SSSR count). The van der Waals surface area contributed by atoms with Crippen molar-refractivity contribution in [1.82, 2.24) is 4.90 Å². The highest BCUT2D eigenvalue weighted by Crippen LogP contribution is 2.05. The molecule has 0 N–H and O–H groups in total. The molecule has 0 atom stereocenters. The Hall–Kier alpha value is -2.00. The van der Waals surface area contributed by atoms with Gasteiger partial charge in [-0.25, -0.2) is 4.90 Å². The first-order valence-electron chi connectivity index (χ1n) is 3.02. The molecule has 0 radical (unpaired) electrons. The Balaban J connectivity index is 2.99. The molecule has 0 aromatic rings. The van der Waals surface area contributed by atoms with Gasteiger partial charge in [0, 0.05) is 6.20 Å². The number of hydrogen-bond donors (Lipinski definition) is 0. The van der Waals surface area contributed by atoms with Gasteiger partial charge in [0.2, 0.25) is 0 Å². The molecule has 0 saturated carbocycles. The van der Waals surface area contributed by atoms with E-state index in [4.69, 9.17) is 10.5 Å². The predicted octanol–water partition coefficient (Wildman–Crippen LogP) is 1.26. The summed E-state index contributed by atoms with van der Waals surface area (Å²) in [6, 6.07) is 1.91. The molecule has 1 aliphatic rings. The van der Waals surface area contributed by atoms with Gasteiger partial charge in [0.15, 0.2) is 6.19 Å². The molecule has 0 aromatic heterocycles. The van der Waals surface area contributed by atoms with Gasteiger partial charge in [-0.2, -0.15) is 10.5 Å². The van der Waals surface area contributed by atoms with Gasteiger partial charge in [0.05, 0.1) is 0 Å². The van der Waals surface area contributed by atoms with Crippen LogP contribution in [0.15, 0.2) is 36.2 Å². The summed E-state index contributed by atoms with van der Waals surface area (Å²) in [4.78, 5) is 1.21. The lowest BCUT2D eigenvalue weighted by Gasteiger charge is -2.04. The summed E-state index contributed by atoms with van der Waals surface area (Å²) in [5, 5.41) is 17.1. The van der Waals surface area contributed by atoms with E-state index in [1.54, 1.807) is 30.5 Å². The van der Waals surface area contributed by atoms with Crippen LogP contribution in [0.3, 0.4) is 0 Å². The van der Waals surface area contributed by atoms with Crippen molar-refractivity contribution in [3.05, 3.63) is 36.2 Å². The van der Waals surface area contributed by atoms with Crippen molar-refractivity contribution in [2.24, 2.45) is 0 Å². The van der Waals surface area contributed by atoms with Crippen LogP contribution in [0.1, 0.15) is 0 Å². The van der Waals surface area contributed by atoms with Crippen LogP contribution in [-0.4, -0.2) is 4.90 Å². The quantitative estimate of drug-likeness (QED) is 0.479. The van der Waals surface area contributed by atoms with E-state index in [-0.39, 0.29) is 0 Å². The van der Waals surface area contributed by atoms with E-state index in [0.717, 1.165) is 0 Å². The molecule has 0 spiro atoms. The Bertz CT molecular complexity index is 309. The zero-order chi connectivity index (χ0) is 8.10. The van der Waals surface area contributed by atoms with Crippen LogP contribution < -0.4 is 0 Å². The highest BCUT2D eigenvalue weighted by atomic mass is 15.1. The fraction of sp³-hybridized carbons (Fsp3) is 0. The zero-order valence-corrected chi connectivity index (χ0v) is 5.73. The van der Waals surface area contributed by atoms with E-state index in [1.165, 1.54) is 4.90 Å². The van der Waals surface area contributed by atoms with E-state index in [0.29, 0.717) is 5.70 Å². The first-order valence-corrected chi connectivity index (χ1v) is 3.02. The summed E-state index contributed by atoms with van der Waals surface area (Å²) in [6.07, 6.45) is 10.2. The predicted molar refractivity (Wildman–Crippen MR) is 39.4 cm³/mol. The minimum atomic E-state index is 0.331. The average Bonchev–Trinajstić information content (AvgIpc) is 2.27. The minimum absolute atomic E-state index is 0.331. The van der Waals surface area contributed by atoms with E-state index < -0.39 is 0 Å². The molecule has 1 aliphatic heterocycles. The monoisotopic (exact) mass is 143 g/mol. The molecule has 3 heteroatoms. The second-order valence-electron chi connectivity index (χ2n) is 1.86. The van der Waals surface area contributed by atoms with Crippen LogP contribution in [0.25, 0.3) is 0 Å². The number of rotatable bonds is 0. The Morgan fingerprint density at radius 1 is 1.18 bits per heavy atom. The third-order valence-electron chi connectivity index (χ3n) is 1.19. The molecule has 0 fully saturated rings. The van der Waals surface area contributed by atoms with Gasteiger partial charge >= 0.3 is 0 Å². The molecular formula is C8H5N3. The number of allylic oxidation sites excluding steroid dienone is 5. The molecule has 11 heavy (non-hydrogen) atoms. The lowest BCUT2D eigenvalue weighted by molar-refractivity contribution is 0.679. The number of hydrogen-bond acceptors (Lipinski definition) is 3. The van der Waals surface area contributed by atoms with Gasteiger partial charge in [0.25, 0.3) is 0 Å². The smallest absolute Gasteiger partial charge is 0.189 e. The van der Waals surface area contributed by atoms with Gasteiger partial charge in [-0.05, 0) is 12.2 Å². The summed E-state index contributed by atoms with van der Waals surface area (Å²) in [7, 11) is 0. The molecule has 52 valence electrons. The number of nitriles is 2. The molecule has 0 bridgehead atoms. The number of nitrogens with zero attached hydrogens (tertiary/aromatic N) is 3. The molecule has 3 nitrogen and oxygen atoms in total. The fourth-order valence-corrected chi connectivity index (χ4v) is 0.686. The van der Waals surface area contributed by atoms with Gasteiger partial charge < -0.3 is 0 Å².